The highest BCUT2D eigenvalue weighted by atomic mass is 35.5. The van der Waals surface area contributed by atoms with Crippen LogP contribution in [0.3, 0.4) is 0 Å². The van der Waals surface area contributed by atoms with Gasteiger partial charge in [-0.25, -0.2) is 19.2 Å². The van der Waals surface area contributed by atoms with Gasteiger partial charge in [-0.1, -0.05) is 163 Å². The molecule has 0 spiro atoms. The smallest absolute Gasteiger partial charge is 0.343 e. The van der Waals surface area contributed by atoms with Crippen molar-refractivity contribution in [3.05, 3.63) is 416 Å². The van der Waals surface area contributed by atoms with Crippen molar-refractivity contribution in [2.75, 3.05) is 13.2 Å². The zero-order valence-corrected chi connectivity index (χ0v) is 61.7. The van der Waals surface area contributed by atoms with Gasteiger partial charge in [0.2, 0.25) is 0 Å². The molecular formula is C99H69ClO14. The Morgan fingerprint density at radius 1 is 0.281 bits per heavy atom. The van der Waals surface area contributed by atoms with Crippen LogP contribution >= 0.6 is 11.6 Å². The van der Waals surface area contributed by atoms with Gasteiger partial charge < -0.3 is 44.1 Å². The molecule has 1 saturated heterocycles. The Kier molecular flexibility index (Phi) is 26.3. The normalized spacial score (nSPS) is 11.1. The third-order valence-electron chi connectivity index (χ3n) is 18.3. The summed E-state index contributed by atoms with van der Waals surface area (Å²) in [6, 6.07) is 88.8. The first-order chi connectivity index (χ1) is 55.3. The van der Waals surface area contributed by atoms with Crippen LogP contribution in [0.2, 0.25) is 0 Å². The SMILES string of the molecule is C#Cc1cccc(C(=O)Cl)c1.C#Cc1cccc(C(=O)Oc2ccc(C(c3ccc(OC(=O)c4cccc(C#C)c4)cc3)(c3ccc(OC(=O)c4cccc(C#C)c4)cc3)c3ccc(OC(=O)c4cccc(C#C)c4)cc3)cc2)c1.C1CCOC1.Oc1ccc(C(c2ccc(O)cc2)(c2ccc(O)cc2)c2ccc(O)cc2)cc1. The van der Waals surface area contributed by atoms with Gasteiger partial charge in [0.1, 0.15) is 46.0 Å². The van der Waals surface area contributed by atoms with E-state index < -0.39 is 39.9 Å². The summed E-state index contributed by atoms with van der Waals surface area (Å²) in [7, 11) is 0. The van der Waals surface area contributed by atoms with Crippen LogP contribution in [0.1, 0.15) is 137 Å². The minimum Gasteiger partial charge on any atom is -0.508 e. The molecule has 0 aromatic heterocycles. The summed E-state index contributed by atoms with van der Waals surface area (Å²) < 4.78 is 28.2. The number of phenolic OH excluding ortho intramolecular Hbond substituents is 4. The molecule has 0 atom stereocenters. The molecule has 0 amide bonds. The van der Waals surface area contributed by atoms with Gasteiger partial charge in [-0.05, 0) is 251 Å². The number of halogens is 1. The molecule has 15 heteroatoms. The Morgan fingerprint density at radius 2 is 0.465 bits per heavy atom. The summed E-state index contributed by atoms with van der Waals surface area (Å²) in [6.07, 6.45) is 30.0. The molecule has 1 heterocycles. The van der Waals surface area contributed by atoms with Gasteiger partial charge in [0.25, 0.3) is 5.24 Å². The summed E-state index contributed by atoms with van der Waals surface area (Å²) in [5.74, 6) is 11.8. The number of benzene rings is 13. The van der Waals surface area contributed by atoms with E-state index in [1.54, 1.807) is 218 Å². The lowest BCUT2D eigenvalue weighted by molar-refractivity contribution is 0.0725. The number of esters is 4. The standard InChI is InChI=1S/C61H36O8.C25H20O4.C9H5ClO.C4H8O/c1-5-41-13-9-17-45(37-41)57(62)66-53-29-21-49(22-30-53)61(50-23-31-54(32-24-50)67-58(63)46-18-10-14-42(6-2)38-46,51-25-33-55(34-26-51)68-59(64)47-19-11-15-43(7-3)39-47)52-27-35-56(36-28-52)69-60(65)48-20-12-16-44(8-4)40-48;26-21-9-1-17(2-10-21)25(18-3-11-22(27)12-4-18,19-5-13-23(28)14-6-19)20-7-15-24(29)16-8-20;1-2-7-4-3-5-8(6-7)9(10)11;1-2-4-5-3-1/h1-4,9-40H;1-16,26-29H;1,3-6H;1-4H2. The molecule has 0 aliphatic carbocycles. The molecular weight excluding hydrogens is 1450 g/mol. The predicted molar refractivity (Wildman–Crippen MR) is 438 cm³/mol. The van der Waals surface area contributed by atoms with Gasteiger partial charge in [0.15, 0.2) is 0 Å². The van der Waals surface area contributed by atoms with E-state index in [1.807, 2.05) is 97.1 Å². The first-order valence-corrected chi connectivity index (χ1v) is 35.8. The molecule has 4 N–H and O–H groups in total. The Hall–Kier alpha value is -15.3. The second-order valence-electron chi connectivity index (χ2n) is 25.6. The Balaban J connectivity index is 0.000000229. The minimum absolute atomic E-state index is 0.157. The molecule has 14 nitrogen and oxygen atoms in total. The molecule has 0 unspecified atom stereocenters. The van der Waals surface area contributed by atoms with Gasteiger partial charge in [-0.2, -0.15) is 0 Å². The lowest BCUT2D eigenvalue weighted by atomic mass is 9.65. The van der Waals surface area contributed by atoms with Gasteiger partial charge in [-0.15, -0.1) is 32.1 Å². The second-order valence-corrected chi connectivity index (χ2v) is 25.9. The molecule has 0 bridgehead atoms. The van der Waals surface area contributed by atoms with E-state index in [2.05, 4.69) is 29.6 Å². The zero-order valence-electron chi connectivity index (χ0n) is 61.0. The first kappa shape index (κ1) is 79.7. The van der Waals surface area contributed by atoms with E-state index in [4.69, 9.17) is 67.4 Å². The molecule has 13 aromatic rings. The average molecular weight is 1520 g/mol. The Morgan fingerprint density at radius 3 is 0.640 bits per heavy atom. The molecule has 1 aliphatic heterocycles. The fourth-order valence-corrected chi connectivity index (χ4v) is 12.9. The Labute approximate surface area is 665 Å². The molecule has 1 aliphatic rings. The maximum absolute atomic E-state index is 13.3. The number of aromatic hydroxyl groups is 4. The highest BCUT2D eigenvalue weighted by Crippen LogP contribution is 2.49. The second kappa shape index (κ2) is 37.7. The summed E-state index contributed by atoms with van der Waals surface area (Å²) >= 11 is 5.22. The van der Waals surface area contributed by atoms with Gasteiger partial charge in [0.05, 0.1) is 33.1 Å². The number of rotatable bonds is 17. The summed E-state index contributed by atoms with van der Waals surface area (Å²) in [5, 5.41) is 38.9. The zero-order chi connectivity index (χ0) is 80.6. The number of carbonyl (C=O) groups is 5. The van der Waals surface area contributed by atoms with Gasteiger partial charge >= 0.3 is 23.9 Å². The number of carbonyl (C=O) groups excluding carboxylic acids is 5. The van der Waals surface area contributed by atoms with E-state index in [0.717, 1.165) is 35.5 Å². The molecule has 13 aromatic carbocycles. The lowest BCUT2D eigenvalue weighted by Crippen LogP contribution is -2.31. The van der Waals surface area contributed by atoms with Crippen LogP contribution in [0.25, 0.3) is 0 Å². The summed E-state index contributed by atoms with van der Waals surface area (Å²) in [5.41, 5.74) is 8.64. The van der Waals surface area contributed by atoms with Crippen molar-refractivity contribution in [3.8, 4) is 108 Å². The quantitative estimate of drug-likeness (QED) is 0.0220. The summed E-state index contributed by atoms with van der Waals surface area (Å²) in [6.45, 7) is 2.00. The molecule has 114 heavy (non-hydrogen) atoms. The third kappa shape index (κ3) is 19.4. The average Bonchev–Trinajstić information content (AvgIpc) is 0.745. The van der Waals surface area contributed by atoms with E-state index >= 15 is 0 Å². The number of hydrogen-bond acceptors (Lipinski definition) is 14. The Bertz CT molecular complexity index is 5170. The van der Waals surface area contributed by atoms with Crippen molar-refractivity contribution in [2.24, 2.45) is 0 Å². The largest absolute Gasteiger partial charge is 0.508 e. The van der Waals surface area contributed by atoms with Crippen LogP contribution in [-0.2, 0) is 15.6 Å². The number of terminal acetylenes is 5. The van der Waals surface area contributed by atoms with Crippen molar-refractivity contribution < 1.29 is 68.1 Å². The van der Waals surface area contributed by atoms with Crippen LogP contribution in [0, 0.1) is 61.7 Å². The monoisotopic (exact) mass is 1520 g/mol. The van der Waals surface area contributed by atoms with Crippen molar-refractivity contribution in [1.29, 1.82) is 0 Å². The predicted octanol–water partition coefficient (Wildman–Crippen LogP) is 18.6. The fraction of sp³-hybridized carbons (Fsp3) is 0.0606. The van der Waals surface area contributed by atoms with E-state index in [0.29, 0.717) is 55.6 Å². The van der Waals surface area contributed by atoms with Crippen molar-refractivity contribution in [3.63, 3.8) is 0 Å². The maximum atomic E-state index is 13.3. The maximum Gasteiger partial charge on any atom is 0.343 e. The highest BCUT2D eigenvalue weighted by Gasteiger charge is 2.41. The van der Waals surface area contributed by atoms with E-state index in [1.165, 1.54) is 12.8 Å². The topological polar surface area (TPSA) is 212 Å². The summed E-state index contributed by atoms with van der Waals surface area (Å²) in [4.78, 5) is 63.8. The third-order valence-corrected chi connectivity index (χ3v) is 18.6. The minimum atomic E-state index is -1.21. The fourth-order valence-electron chi connectivity index (χ4n) is 12.8. The van der Waals surface area contributed by atoms with Gasteiger partial charge in [0, 0.05) is 46.6 Å². The van der Waals surface area contributed by atoms with Gasteiger partial charge in [-0.3, -0.25) is 4.79 Å². The highest BCUT2D eigenvalue weighted by molar-refractivity contribution is 6.67. The molecule has 556 valence electrons. The van der Waals surface area contributed by atoms with Crippen LogP contribution in [0.15, 0.2) is 315 Å². The molecule has 0 saturated carbocycles. The van der Waals surface area contributed by atoms with Crippen LogP contribution in [-0.4, -0.2) is 62.8 Å². The lowest BCUT2D eigenvalue weighted by Gasteiger charge is -2.37. The number of phenols is 4. The number of ether oxygens (including phenoxy) is 5. The van der Waals surface area contributed by atoms with Crippen molar-refractivity contribution in [1.82, 2.24) is 0 Å². The molecule has 14 rings (SSSR count). The van der Waals surface area contributed by atoms with Crippen molar-refractivity contribution in [2.45, 2.75) is 23.7 Å². The van der Waals surface area contributed by atoms with E-state index in [-0.39, 0.29) is 68.2 Å². The number of hydrogen-bond donors (Lipinski definition) is 4. The first-order valence-electron chi connectivity index (χ1n) is 35.4. The molecule has 1 fully saturated rings. The molecule has 0 radical (unpaired) electrons. The van der Waals surface area contributed by atoms with Crippen LogP contribution < -0.4 is 18.9 Å². The van der Waals surface area contributed by atoms with Crippen molar-refractivity contribution >= 4 is 40.7 Å². The van der Waals surface area contributed by atoms with E-state index in [9.17, 15) is 44.4 Å². The van der Waals surface area contributed by atoms with Crippen LogP contribution in [0.5, 0.6) is 46.0 Å². The van der Waals surface area contributed by atoms with Crippen LogP contribution in [0.4, 0.5) is 0 Å².